The zero-order valence-corrected chi connectivity index (χ0v) is 10.6. The summed E-state index contributed by atoms with van der Waals surface area (Å²) in [5.74, 6) is 1.46. The number of aryl methyl sites for hydroxylation is 1. The molecule has 0 atom stereocenters. The number of rotatable bonds is 4. The summed E-state index contributed by atoms with van der Waals surface area (Å²) in [7, 11) is 0. The molecule has 1 heterocycles. The number of unbranched alkanes of at least 4 members (excludes halogenated alkanes) is 1. The van der Waals surface area contributed by atoms with Gasteiger partial charge in [0.25, 0.3) is 0 Å². The van der Waals surface area contributed by atoms with Crippen LogP contribution in [0, 0.1) is 0 Å². The highest BCUT2D eigenvalue weighted by molar-refractivity contribution is 6.33. The molecule has 0 amide bonds. The van der Waals surface area contributed by atoms with Crippen molar-refractivity contribution in [2.45, 2.75) is 25.7 Å². The molecule has 0 aromatic heterocycles. The van der Waals surface area contributed by atoms with E-state index in [4.69, 9.17) is 26.8 Å². The van der Waals surface area contributed by atoms with Crippen molar-refractivity contribution in [2.24, 2.45) is 5.73 Å². The SMILES string of the molecule is NCCCCc1ccc2c(c1Cl)OCCCO2. The molecule has 17 heavy (non-hydrogen) atoms. The maximum atomic E-state index is 6.34. The van der Waals surface area contributed by atoms with Crippen molar-refractivity contribution in [1.82, 2.24) is 0 Å². The molecular weight excluding hydrogens is 238 g/mol. The average molecular weight is 256 g/mol. The lowest BCUT2D eigenvalue weighted by Gasteiger charge is -2.12. The van der Waals surface area contributed by atoms with Crippen LogP contribution in [-0.4, -0.2) is 19.8 Å². The largest absolute Gasteiger partial charge is 0.490 e. The van der Waals surface area contributed by atoms with Crippen LogP contribution in [0.1, 0.15) is 24.8 Å². The van der Waals surface area contributed by atoms with Gasteiger partial charge in [-0.2, -0.15) is 0 Å². The summed E-state index contributed by atoms with van der Waals surface area (Å²) in [6, 6.07) is 3.97. The van der Waals surface area contributed by atoms with Crippen molar-refractivity contribution < 1.29 is 9.47 Å². The lowest BCUT2D eigenvalue weighted by atomic mass is 10.1. The van der Waals surface area contributed by atoms with E-state index in [1.807, 2.05) is 12.1 Å². The Morgan fingerprint density at radius 1 is 1.18 bits per heavy atom. The molecule has 0 radical (unpaired) electrons. The summed E-state index contributed by atoms with van der Waals surface area (Å²) in [6.07, 6.45) is 3.90. The van der Waals surface area contributed by atoms with Crippen LogP contribution in [0.25, 0.3) is 0 Å². The van der Waals surface area contributed by atoms with Gasteiger partial charge in [0, 0.05) is 6.42 Å². The minimum absolute atomic E-state index is 0.666. The molecule has 0 spiro atoms. The molecule has 0 unspecified atom stereocenters. The molecule has 1 aliphatic rings. The van der Waals surface area contributed by atoms with Crippen molar-refractivity contribution in [3.63, 3.8) is 0 Å². The van der Waals surface area contributed by atoms with Crippen LogP contribution < -0.4 is 15.2 Å². The molecule has 1 aliphatic heterocycles. The molecule has 2 N–H and O–H groups in total. The van der Waals surface area contributed by atoms with Gasteiger partial charge in [0.1, 0.15) is 0 Å². The van der Waals surface area contributed by atoms with Crippen molar-refractivity contribution >= 4 is 11.6 Å². The van der Waals surface area contributed by atoms with Crippen molar-refractivity contribution in [3.8, 4) is 11.5 Å². The third kappa shape index (κ3) is 3.05. The number of nitrogens with two attached hydrogens (primary N) is 1. The van der Waals surface area contributed by atoms with E-state index >= 15 is 0 Å². The van der Waals surface area contributed by atoms with Crippen LogP contribution in [0.4, 0.5) is 0 Å². The Labute approximate surface area is 107 Å². The smallest absolute Gasteiger partial charge is 0.180 e. The predicted molar refractivity (Wildman–Crippen MR) is 69.1 cm³/mol. The van der Waals surface area contributed by atoms with Crippen LogP contribution >= 0.6 is 11.6 Å². The van der Waals surface area contributed by atoms with E-state index < -0.39 is 0 Å². The summed E-state index contributed by atoms with van der Waals surface area (Å²) in [5, 5.41) is 0.696. The Bertz CT molecular complexity index is 382. The number of halogens is 1. The van der Waals surface area contributed by atoms with Crippen LogP contribution in [0.5, 0.6) is 11.5 Å². The third-order valence-corrected chi connectivity index (χ3v) is 3.25. The van der Waals surface area contributed by atoms with Gasteiger partial charge in [0.05, 0.1) is 18.2 Å². The van der Waals surface area contributed by atoms with Gasteiger partial charge in [-0.05, 0) is 37.4 Å². The summed E-state index contributed by atoms with van der Waals surface area (Å²) < 4.78 is 11.2. The molecule has 0 bridgehead atoms. The second-order valence-electron chi connectivity index (χ2n) is 4.16. The Morgan fingerprint density at radius 3 is 2.82 bits per heavy atom. The summed E-state index contributed by atoms with van der Waals surface area (Å²) in [6.45, 7) is 2.08. The molecule has 1 aromatic rings. The summed E-state index contributed by atoms with van der Waals surface area (Å²) in [5.41, 5.74) is 6.60. The molecule has 94 valence electrons. The van der Waals surface area contributed by atoms with E-state index in [1.165, 1.54) is 0 Å². The highest BCUT2D eigenvalue weighted by Crippen LogP contribution is 2.39. The van der Waals surface area contributed by atoms with Gasteiger partial charge in [-0.25, -0.2) is 0 Å². The van der Waals surface area contributed by atoms with Gasteiger partial charge >= 0.3 is 0 Å². The minimum Gasteiger partial charge on any atom is -0.490 e. The molecule has 3 nitrogen and oxygen atoms in total. The minimum atomic E-state index is 0.666. The second-order valence-corrected chi connectivity index (χ2v) is 4.54. The monoisotopic (exact) mass is 255 g/mol. The van der Waals surface area contributed by atoms with Crippen molar-refractivity contribution in [2.75, 3.05) is 19.8 Å². The van der Waals surface area contributed by atoms with E-state index in [1.54, 1.807) is 0 Å². The van der Waals surface area contributed by atoms with E-state index in [9.17, 15) is 0 Å². The molecular formula is C13H18ClNO2. The molecule has 0 saturated carbocycles. The van der Waals surface area contributed by atoms with Crippen LogP contribution in [0.2, 0.25) is 5.02 Å². The van der Waals surface area contributed by atoms with Gasteiger partial charge in [-0.15, -0.1) is 0 Å². The number of fused-ring (bicyclic) bond motifs is 1. The first-order valence-corrected chi connectivity index (χ1v) is 6.48. The van der Waals surface area contributed by atoms with Gasteiger partial charge in [-0.1, -0.05) is 17.7 Å². The molecule has 0 fully saturated rings. The van der Waals surface area contributed by atoms with Crippen LogP contribution in [0.3, 0.4) is 0 Å². The first-order chi connectivity index (χ1) is 8.33. The molecule has 1 aromatic carbocycles. The molecule has 2 rings (SSSR count). The normalized spacial score (nSPS) is 14.5. The molecule has 4 heteroatoms. The average Bonchev–Trinajstić information content (AvgIpc) is 2.58. The summed E-state index contributed by atoms with van der Waals surface area (Å²) in [4.78, 5) is 0. The first-order valence-electron chi connectivity index (χ1n) is 6.10. The van der Waals surface area contributed by atoms with E-state index in [0.717, 1.165) is 43.5 Å². The first kappa shape index (κ1) is 12.5. The fourth-order valence-corrected chi connectivity index (χ4v) is 2.20. The maximum Gasteiger partial charge on any atom is 0.180 e. The van der Waals surface area contributed by atoms with E-state index in [-0.39, 0.29) is 0 Å². The fourth-order valence-electron chi connectivity index (χ4n) is 1.90. The van der Waals surface area contributed by atoms with Crippen LogP contribution in [-0.2, 0) is 6.42 Å². The van der Waals surface area contributed by atoms with E-state index in [2.05, 4.69) is 0 Å². The predicted octanol–water partition coefficient (Wildman–Crippen LogP) is 2.78. The third-order valence-electron chi connectivity index (χ3n) is 2.83. The van der Waals surface area contributed by atoms with Crippen LogP contribution in [0.15, 0.2) is 12.1 Å². The second kappa shape index (κ2) is 6.12. The van der Waals surface area contributed by atoms with Crippen molar-refractivity contribution in [1.29, 1.82) is 0 Å². The number of hydrogen-bond acceptors (Lipinski definition) is 3. The quantitative estimate of drug-likeness (QED) is 0.842. The summed E-state index contributed by atoms with van der Waals surface area (Å²) >= 11 is 6.34. The number of benzene rings is 1. The molecule has 0 saturated heterocycles. The zero-order chi connectivity index (χ0) is 12.1. The number of ether oxygens (including phenoxy) is 2. The Hall–Kier alpha value is -0.930. The van der Waals surface area contributed by atoms with Gasteiger partial charge in [0.2, 0.25) is 0 Å². The standard InChI is InChI=1S/C13H18ClNO2/c14-12-10(4-1-2-7-15)5-6-11-13(12)17-9-3-8-16-11/h5-6H,1-4,7-9,15H2. The van der Waals surface area contributed by atoms with Gasteiger partial charge in [-0.3, -0.25) is 0 Å². The highest BCUT2D eigenvalue weighted by Gasteiger charge is 2.16. The lowest BCUT2D eigenvalue weighted by Crippen LogP contribution is -2.00. The molecule has 0 aliphatic carbocycles. The Morgan fingerprint density at radius 2 is 2.00 bits per heavy atom. The topological polar surface area (TPSA) is 44.5 Å². The zero-order valence-electron chi connectivity index (χ0n) is 9.88. The van der Waals surface area contributed by atoms with Gasteiger partial charge < -0.3 is 15.2 Å². The lowest BCUT2D eigenvalue weighted by molar-refractivity contribution is 0.297. The number of hydrogen-bond donors (Lipinski definition) is 1. The van der Waals surface area contributed by atoms with E-state index in [0.29, 0.717) is 24.0 Å². The fraction of sp³-hybridized carbons (Fsp3) is 0.538. The highest BCUT2D eigenvalue weighted by atomic mass is 35.5. The Kier molecular flexibility index (Phi) is 4.51. The van der Waals surface area contributed by atoms with Gasteiger partial charge in [0.15, 0.2) is 11.5 Å². The maximum absolute atomic E-state index is 6.34. The van der Waals surface area contributed by atoms with Crippen molar-refractivity contribution in [3.05, 3.63) is 22.7 Å². The Balaban J connectivity index is 2.16.